The van der Waals surface area contributed by atoms with E-state index in [2.05, 4.69) is 11.8 Å². The van der Waals surface area contributed by atoms with Gasteiger partial charge in [-0.1, -0.05) is 19.8 Å². The normalized spacial score (nSPS) is 16.6. The molecule has 0 aromatic carbocycles. The Morgan fingerprint density at radius 2 is 2.17 bits per heavy atom. The number of rotatable bonds is 5. The molecule has 1 aliphatic carbocycles. The molecule has 1 aromatic heterocycles. The maximum absolute atomic E-state index is 10.9. The van der Waals surface area contributed by atoms with Crippen LogP contribution in [0.15, 0.2) is 10.5 Å². The fourth-order valence-corrected chi connectivity index (χ4v) is 2.81. The Morgan fingerprint density at radius 1 is 1.50 bits per heavy atom. The number of hydrogen-bond donors (Lipinski definition) is 1. The summed E-state index contributed by atoms with van der Waals surface area (Å²) in [6.45, 7) is 5.62. The summed E-state index contributed by atoms with van der Waals surface area (Å²) in [7, 11) is 0. The highest BCUT2D eigenvalue weighted by Gasteiger charge is 2.23. The highest BCUT2D eigenvalue weighted by molar-refractivity contribution is 5.86. The van der Waals surface area contributed by atoms with E-state index in [9.17, 15) is 4.79 Å². The van der Waals surface area contributed by atoms with Crippen molar-refractivity contribution in [3.63, 3.8) is 0 Å². The summed E-state index contributed by atoms with van der Waals surface area (Å²) in [5.74, 6) is -0.145. The van der Waals surface area contributed by atoms with Crippen LogP contribution < -0.4 is 0 Å². The molecule has 1 heterocycles. The Hall–Kier alpha value is -1.29. The lowest BCUT2D eigenvalue weighted by atomic mass is 10.2. The van der Waals surface area contributed by atoms with E-state index in [-0.39, 0.29) is 5.76 Å². The molecule has 1 aromatic rings. The Kier molecular flexibility index (Phi) is 4.07. The van der Waals surface area contributed by atoms with Gasteiger partial charge in [-0.15, -0.1) is 0 Å². The minimum Gasteiger partial charge on any atom is -0.475 e. The summed E-state index contributed by atoms with van der Waals surface area (Å²) in [4.78, 5) is 13.3. The van der Waals surface area contributed by atoms with Crippen molar-refractivity contribution in [2.24, 2.45) is 0 Å². The highest BCUT2D eigenvalue weighted by atomic mass is 16.4. The molecule has 1 N–H and O–H groups in total. The van der Waals surface area contributed by atoms with E-state index in [0.717, 1.165) is 18.8 Å². The molecule has 0 aliphatic heterocycles. The van der Waals surface area contributed by atoms with Crippen LogP contribution in [0.1, 0.15) is 54.5 Å². The molecular weight excluding hydrogens is 230 g/mol. The van der Waals surface area contributed by atoms with Crippen LogP contribution in [0.2, 0.25) is 0 Å². The van der Waals surface area contributed by atoms with Crippen molar-refractivity contribution in [3.05, 3.63) is 23.2 Å². The summed E-state index contributed by atoms with van der Waals surface area (Å²) in [5.41, 5.74) is 0.708. The van der Waals surface area contributed by atoms with Gasteiger partial charge in [0.2, 0.25) is 5.76 Å². The third kappa shape index (κ3) is 2.75. The van der Waals surface area contributed by atoms with Crippen LogP contribution in [0.5, 0.6) is 0 Å². The van der Waals surface area contributed by atoms with E-state index in [1.165, 1.54) is 25.7 Å². The maximum atomic E-state index is 10.9. The number of aromatic carboxylic acids is 1. The van der Waals surface area contributed by atoms with Crippen LogP contribution >= 0.6 is 0 Å². The molecule has 0 bridgehead atoms. The van der Waals surface area contributed by atoms with E-state index >= 15 is 0 Å². The number of carbonyl (C=O) groups is 1. The van der Waals surface area contributed by atoms with Crippen molar-refractivity contribution in [3.8, 4) is 0 Å². The molecule has 4 nitrogen and oxygen atoms in total. The number of hydrogen-bond acceptors (Lipinski definition) is 3. The van der Waals surface area contributed by atoms with Gasteiger partial charge < -0.3 is 9.52 Å². The van der Waals surface area contributed by atoms with Crippen molar-refractivity contribution >= 4 is 5.97 Å². The van der Waals surface area contributed by atoms with Crippen LogP contribution in [0.3, 0.4) is 0 Å². The van der Waals surface area contributed by atoms with Crippen molar-refractivity contribution in [1.82, 2.24) is 4.90 Å². The second-order valence-corrected chi connectivity index (χ2v) is 5.03. The van der Waals surface area contributed by atoms with E-state index in [1.807, 2.05) is 6.07 Å². The van der Waals surface area contributed by atoms with Crippen molar-refractivity contribution in [2.45, 2.75) is 52.1 Å². The maximum Gasteiger partial charge on any atom is 0.372 e. The molecule has 2 rings (SSSR count). The molecule has 18 heavy (non-hydrogen) atoms. The predicted octanol–water partition coefficient (Wildman–Crippen LogP) is 3.05. The topological polar surface area (TPSA) is 53.7 Å². The minimum atomic E-state index is -0.984. The SMILES string of the molecule is CCN(Cc1cc(C)c(C(=O)O)o1)C1CCCC1. The Balaban J connectivity index is 2.07. The zero-order valence-corrected chi connectivity index (χ0v) is 11.1. The first-order chi connectivity index (χ1) is 8.61. The Labute approximate surface area is 108 Å². The molecule has 1 aliphatic rings. The number of carboxylic acids is 1. The fourth-order valence-electron chi connectivity index (χ4n) is 2.81. The van der Waals surface area contributed by atoms with Gasteiger partial charge >= 0.3 is 5.97 Å². The highest BCUT2D eigenvalue weighted by Crippen LogP contribution is 2.25. The number of furan rings is 1. The monoisotopic (exact) mass is 251 g/mol. The van der Waals surface area contributed by atoms with Gasteiger partial charge in [0.25, 0.3) is 0 Å². The molecule has 1 fully saturated rings. The van der Waals surface area contributed by atoms with Gasteiger partial charge in [0.1, 0.15) is 5.76 Å². The first-order valence-corrected chi connectivity index (χ1v) is 6.68. The predicted molar refractivity (Wildman–Crippen MR) is 68.7 cm³/mol. The summed E-state index contributed by atoms with van der Waals surface area (Å²) in [6.07, 6.45) is 5.11. The second kappa shape index (κ2) is 5.57. The molecule has 100 valence electrons. The number of aryl methyl sites for hydroxylation is 1. The molecule has 0 spiro atoms. The van der Waals surface area contributed by atoms with Gasteiger partial charge in [0.15, 0.2) is 0 Å². The zero-order valence-electron chi connectivity index (χ0n) is 11.1. The lowest BCUT2D eigenvalue weighted by Crippen LogP contribution is -2.32. The molecule has 0 amide bonds. The van der Waals surface area contributed by atoms with Gasteiger partial charge in [-0.25, -0.2) is 4.79 Å². The van der Waals surface area contributed by atoms with E-state index in [0.29, 0.717) is 11.6 Å². The standard InChI is InChI=1S/C14H21NO3/c1-3-15(11-6-4-5-7-11)9-12-8-10(2)13(18-12)14(16)17/h8,11H,3-7,9H2,1-2H3,(H,16,17). The number of carboxylic acid groups (broad SMARTS) is 1. The lowest BCUT2D eigenvalue weighted by Gasteiger charge is -2.26. The van der Waals surface area contributed by atoms with Gasteiger partial charge in [-0.3, -0.25) is 4.90 Å². The molecule has 0 saturated heterocycles. The van der Waals surface area contributed by atoms with Crippen molar-refractivity contribution in [1.29, 1.82) is 0 Å². The smallest absolute Gasteiger partial charge is 0.372 e. The minimum absolute atomic E-state index is 0.0764. The number of nitrogens with zero attached hydrogens (tertiary/aromatic N) is 1. The van der Waals surface area contributed by atoms with Gasteiger partial charge in [0, 0.05) is 11.6 Å². The molecule has 0 radical (unpaired) electrons. The van der Waals surface area contributed by atoms with Crippen LogP contribution in [0.4, 0.5) is 0 Å². The van der Waals surface area contributed by atoms with Crippen LogP contribution in [0, 0.1) is 6.92 Å². The lowest BCUT2D eigenvalue weighted by molar-refractivity contribution is 0.0656. The second-order valence-electron chi connectivity index (χ2n) is 5.03. The molecule has 0 atom stereocenters. The summed E-state index contributed by atoms with van der Waals surface area (Å²) in [5, 5.41) is 8.97. The fraction of sp³-hybridized carbons (Fsp3) is 0.643. The summed E-state index contributed by atoms with van der Waals surface area (Å²) >= 11 is 0. The van der Waals surface area contributed by atoms with Crippen molar-refractivity contribution in [2.75, 3.05) is 6.54 Å². The van der Waals surface area contributed by atoms with E-state index in [1.54, 1.807) is 6.92 Å². The molecule has 1 saturated carbocycles. The van der Waals surface area contributed by atoms with Crippen LogP contribution in [-0.4, -0.2) is 28.6 Å². The van der Waals surface area contributed by atoms with Gasteiger partial charge in [-0.2, -0.15) is 0 Å². The average molecular weight is 251 g/mol. The quantitative estimate of drug-likeness (QED) is 0.873. The van der Waals surface area contributed by atoms with Gasteiger partial charge in [-0.05, 0) is 32.4 Å². The molecular formula is C14H21NO3. The molecule has 4 heteroatoms. The largest absolute Gasteiger partial charge is 0.475 e. The Bertz CT molecular complexity index is 419. The molecule has 0 unspecified atom stereocenters. The first kappa shape index (κ1) is 13.1. The van der Waals surface area contributed by atoms with E-state index < -0.39 is 5.97 Å². The van der Waals surface area contributed by atoms with Crippen molar-refractivity contribution < 1.29 is 14.3 Å². The van der Waals surface area contributed by atoms with Gasteiger partial charge in [0.05, 0.1) is 6.54 Å². The first-order valence-electron chi connectivity index (χ1n) is 6.68. The average Bonchev–Trinajstić information content (AvgIpc) is 2.95. The van der Waals surface area contributed by atoms with E-state index in [4.69, 9.17) is 9.52 Å². The third-order valence-electron chi connectivity index (χ3n) is 3.77. The Morgan fingerprint density at radius 3 is 2.67 bits per heavy atom. The van der Waals surface area contributed by atoms with Crippen LogP contribution in [0.25, 0.3) is 0 Å². The third-order valence-corrected chi connectivity index (χ3v) is 3.77. The summed E-state index contributed by atoms with van der Waals surface area (Å²) in [6, 6.07) is 2.48. The van der Waals surface area contributed by atoms with Crippen LogP contribution in [-0.2, 0) is 6.54 Å². The zero-order chi connectivity index (χ0) is 13.1. The summed E-state index contributed by atoms with van der Waals surface area (Å²) < 4.78 is 5.43.